The number of fused-ring (bicyclic) bond motifs is 2. The highest BCUT2D eigenvalue weighted by Gasteiger charge is 2.28. The van der Waals surface area contributed by atoms with Crippen LogP contribution in [0.4, 0.5) is 27.5 Å². The predicted octanol–water partition coefficient (Wildman–Crippen LogP) is 4.68. The number of amides is 4. The Balaban J connectivity index is 1.24. The van der Waals surface area contributed by atoms with Crippen LogP contribution in [0.1, 0.15) is 26.3 Å². The SMILES string of the molecule is Cc1cc(S(=O)(=O)O)c2c(NC(=O)c3cccc(NC(=O)Nc4cccc(C(=O)Nc5ccc(S(=O)(=O)O)c6cc(S(=O)(=O)O)cc(S(=O)(=O)O)c56)c4)c3)ccc(S(=O)(=O)O)c2c1. The zero-order valence-electron chi connectivity index (χ0n) is 31.3. The molecule has 27 heteroatoms. The number of anilines is 4. The van der Waals surface area contributed by atoms with Gasteiger partial charge in [0.15, 0.2) is 0 Å². The molecule has 0 aliphatic carbocycles. The third-order valence-electron chi connectivity index (χ3n) is 8.87. The lowest BCUT2D eigenvalue weighted by atomic mass is 10.1. The van der Waals surface area contributed by atoms with Gasteiger partial charge in [-0.3, -0.25) is 32.4 Å². The molecule has 0 bridgehead atoms. The van der Waals surface area contributed by atoms with Crippen molar-refractivity contribution in [2.24, 2.45) is 0 Å². The number of hydrogen-bond acceptors (Lipinski definition) is 13. The third kappa shape index (κ3) is 10.1. The van der Waals surface area contributed by atoms with Crippen molar-refractivity contribution in [2.75, 3.05) is 21.3 Å². The number of carbonyl (C=O) groups excluding carboxylic acids is 3. The van der Waals surface area contributed by atoms with E-state index in [1.165, 1.54) is 55.5 Å². The van der Waals surface area contributed by atoms with Gasteiger partial charge in [0, 0.05) is 44.0 Å². The second-order valence-electron chi connectivity index (χ2n) is 13.3. The van der Waals surface area contributed by atoms with E-state index in [1.54, 1.807) is 0 Å². The van der Waals surface area contributed by atoms with Crippen molar-refractivity contribution in [1.29, 1.82) is 0 Å². The molecule has 0 aliphatic rings. The van der Waals surface area contributed by atoms with Gasteiger partial charge >= 0.3 is 6.03 Å². The molecule has 6 aromatic rings. The fourth-order valence-corrected chi connectivity index (χ4v) is 9.86. The van der Waals surface area contributed by atoms with E-state index in [9.17, 15) is 79.2 Å². The van der Waals surface area contributed by atoms with Crippen LogP contribution in [-0.2, 0) is 50.6 Å². The average Bonchev–Trinajstić information content (AvgIpc) is 3.15. The Morgan fingerprint density at radius 1 is 0.429 bits per heavy atom. The summed E-state index contributed by atoms with van der Waals surface area (Å²) in [5.74, 6) is -1.93. The molecule has 0 saturated carbocycles. The molecule has 0 heterocycles. The molecule has 63 heavy (non-hydrogen) atoms. The molecule has 0 spiro atoms. The van der Waals surface area contributed by atoms with E-state index in [4.69, 9.17) is 0 Å². The largest absolute Gasteiger partial charge is 0.323 e. The highest BCUT2D eigenvalue weighted by molar-refractivity contribution is 7.87. The molecule has 0 aliphatic heterocycles. The van der Waals surface area contributed by atoms with Gasteiger partial charge in [-0.1, -0.05) is 12.1 Å². The van der Waals surface area contributed by atoms with Gasteiger partial charge in [0.2, 0.25) is 0 Å². The Kier molecular flexibility index (Phi) is 12.0. The summed E-state index contributed by atoms with van der Waals surface area (Å²) in [5, 5.41) is 7.23. The maximum absolute atomic E-state index is 13.4. The van der Waals surface area contributed by atoms with Crippen LogP contribution in [0.25, 0.3) is 21.5 Å². The van der Waals surface area contributed by atoms with E-state index >= 15 is 0 Å². The van der Waals surface area contributed by atoms with E-state index < -0.39 is 115 Å². The minimum atomic E-state index is -5.42. The van der Waals surface area contributed by atoms with Crippen LogP contribution in [0.15, 0.2) is 122 Å². The Hall–Kier alpha value is -6.40. The molecule has 0 radical (unpaired) electrons. The van der Waals surface area contributed by atoms with Gasteiger partial charge in [-0.15, -0.1) is 0 Å². The topological polar surface area (TPSA) is 371 Å². The summed E-state index contributed by atoms with van der Waals surface area (Å²) < 4.78 is 171. The summed E-state index contributed by atoms with van der Waals surface area (Å²) >= 11 is 0. The Bertz CT molecular complexity index is 3560. The molecule has 0 saturated heterocycles. The van der Waals surface area contributed by atoms with Crippen LogP contribution in [0.2, 0.25) is 0 Å². The van der Waals surface area contributed by atoms with Gasteiger partial charge < -0.3 is 21.3 Å². The lowest BCUT2D eigenvalue weighted by molar-refractivity contribution is 0.101. The number of hydrogen-bond donors (Lipinski definition) is 9. The molecule has 0 aromatic heterocycles. The van der Waals surface area contributed by atoms with E-state index in [1.807, 2.05) is 0 Å². The molecule has 9 N–H and O–H groups in total. The zero-order chi connectivity index (χ0) is 46.6. The molecule has 6 aromatic carbocycles. The van der Waals surface area contributed by atoms with Crippen LogP contribution >= 0.6 is 0 Å². The monoisotopic (exact) mass is 964 g/mol. The first-order valence-corrected chi connectivity index (χ1v) is 24.2. The van der Waals surface area contributed by atoms with Gasteiger partial charge in [0.05, 0.1) is 16.3 Å². The van der Waals surface area contributed by atoms with Crippen molar-refractivity contribution >= 4 is 113 Å². The second-order valence-corrected chi connectivity index (χ2v) is 20.3. The smallest absolute Gasteiger partial charge is 0.321 e. The molecule has 0 atom stereocenters. The molecule has 0 fully saturated rings. The van der Waals surface area contributed by atoms with Gasteiger partial charge in [-0.25, -0.2) is 4.79 Å². The van der Waals surface area contributed by atoms with Crippen molar-refractivity contribution in [3.8, 4) is 0 Å². The normalized spacial score (nSPS) is 12.5. The van der Waals surface area contributed by atoms with E-state index in [-0.39, 0.29) is 39.1 Å². The maximum atomic E-state index is 13.4. The summed E-state index contributed by atoms with van der Waals surface area (Å²) in [6, 6.07) is 15.7. The summed E-state index contributed by atoms with van der Waals surface area (Å²) in [5.41, 5.74) is -0.955. The number of urea groups is 1. The highest BCUT2D eigenvalue weighted by atomic mass is 32.2. The predicted molar refractivity (Wildman–Crippen MR) is 223 cm³/mol. The van der Waals surface area contributed by atoms with Gasteiger partial charge in [-0.05, 0) is 97.4 Å². The fraction of sp³-hybridized carbons (Fsp3) is 0.0278. The third-order valence-corrected chi connectivity index (χ3v) is 13.3. The summed E-state index contributed by atoms with van der Waals surface area (Å²) in [6.07, 6.45) is 0. The lowest BCUT2D eigenvalue weighted by Gasteiger charge is -2.15. The van der Waals surface area contributed by atoms with Gasteiger partial charge in [0.25, 0.3) is 62.4 Å². The standard InChI is InChI=1S/C36H28N4O18S5/c1-18-12-24-28(60(47,48)49)10-8-26(32(24)30(13-18)62(53,54)55)39-34(41)19-4-2-6-21(14-19)37-36(43)38-22-7-3-5-20(15-22)35(42)40-27-9-11-29(61(50,51)52)25-16-23(59(44,45)46)17-31(33(25)27)63(56,57)58/h2-17H,1H3,(H,39,41)(H,40,42)(H2,37,38,43)(H,44,45,46)(H,47,48,49)(H,50,51,52)(H,53,54,55)(H,56,57,58). The average molecular weight is 965 g/mol. The molecular formula is C36H28N4O18S5. The van der Waals surface area contributed by atoms with Crippen LogP contribution < -0.4 is 21.3 Å². The minimum absolute atomic E-state index is 0.0156. The zero-order valence-corrected chi connectivity index (χ0v) is 35.4. The van der Waals surface area contributed by atoms with Crippen LogP contribution in [0.3, 0.4) is 0 Å². The molecule has 6 rings (SSSR count). The van der Waals surface area contributed by atoms with Crippen molar-refractivity contribution < 1.29 is 79.2 Å². The summed E-state index contributed by atoms with van der Waals surface area (Å²) in [4.78, 5) is 34.9. The maximum Gasteiger partial charge on any atom is 0.323 e. The first-order chi connectivity index (χ1) is 29.0. The van der Waals surface area contributed by atoms with Crippen molar-refractivity contribution in [3.63, 3.8) is 0 Å². The number of rotatable bonds is 11. The number of carbonyl (C=O) groups is 3. The number of nitrogens with one attached hydrogen (secondary N) is 4. The van der Waals surface area contributed by atoms with Crippen molar-refractivity contribution in [1.82, 2.24) is 0 Å². The van der Waals surface area contributed by atoms with Gasteiger partial charge in [0.1, 0.15) is 19.6 Å². The number of aryl methyl sites for hydroxylation is 1. The summed E-state index contributed by atoms with van der Waals surface area (Å²) in [7, 11) is -25.8. The van der Waals surface area contributed by atoms with Crippen molar-refractivity contribution in [2.45, 2.75) is 31.4 Å². The van der Waals surface area contributed by atoms with E-state index in [0.717, 1.165) is 30.3 Å². The summed E-state index contributed by atoms with van der Waals surface area (Å²) in [6.45, 7) is 1.40. The molecule has 4 amide bonds. The minimum Gasteiger partial charge on any atom is -0.321 e. The number of benzene rings is 6. The van der Waals surface area contributed by atoms with Crippen LogP contribution in [0.5, 0.6) is 0 Å². The Labute approximate surface area is 356 Å². The second kappa shape index (κ2) is 16.4. The van der Waals surface area contributed by atoms with Crippen LogP contribution in [0, 0.1) is 6.92 Å². The molecule has 22 nitrogen and oxygen atoms in total. The van der Waals surface area contributed by atoms with Crippen LogP contribution in [-0.4, -0.2) is 82.7 Å². The lowest BCUT2D eigenvalue weighted by Crippen LogP contribution is -2.20. The van der Waals surface area contributed by atoms with Gasteiger partial charge in [-0.2, -0.15) is 42.1 Å². The molecule has 0 unspecified atom stereocenters. The van der Waals surface area contributed by atoms with E-state index in [0.29, 0.717) is 18.2 Å². The molecule has 330 valence electrons. The first kappa shape index (κ1) is 46.1. The Morgan fingerprint density at radius 3 is 1.22 bits per heavy atom. The fourth-order valence-electron chi connectivity index (χ4n) is 6.32. The highest BCUT2D eigenvalue weighted by Crippen LogP contribution is 2.38. The molecular weight excluding hydrogens is 937 g/mol. The van der Waals surface area contributed by atoms with Crippen molar-refractivity contribution in [3.05, 3.63) is 114 Å². The Morgan fingerprint density at radius 2 is 0.825 bits per heavy atom. The first-order valence-electron chi connectivity index (χ1n) is 17.0. The quantitative estimate of drug-likeness (QED) is 0.0795. The van der Waals surface area contributed by atoms with E-state index in [2.05, 4.69) is 21.3 Å².